The summed E-state index contributed by atoms with van der Waals surface area (Å²) in [5.41, 5.74) is 0.526. The maximum Gasteiger partial charge on any atom is 0.240 e. The number of ether oxygens (including phenoxy) is 3. The van der Waals surface area contributed by atoms with Crippen LogP contribution in [0, 0.1) is 11.2 Å². The van der Waals surface area contributed by atoms with Crippen LogP contribution in [0.3, 0.4) is 0 Å². The van der Waals surface area contributed by atoms with Crippen molar-refractivity contribution in [2.75, 3.05) is 24.4 Å². The SMILES string of the molecule is CCOc1cc2c(Oc3ccc(NC(=O)C4(C(=O)Nc5ccc(F)cc5)CC4)cc3)ccnc2cc1OC. The van der Waals surface area contributed by atoms with E-state index in [0.29, 0.717) is 59.3 Å². The molecule has 1 aromatic heterocycles. The monoisotopic (exact) mass is 515 g/mol. The number of hydrogen-bond acceptors (Lipinski definition) is 6. The Balaban J connectivity index is 1.27. The molecule has 0 radical (unpaired) electrons. The third-order valence-electron chi connectivity index (χ3n) is 6.35. The Morgan fingerprint density at radius 3 is 2.11 bits per heavy atom. The molecule has 4 aromatic rings. The van der Waals surface area contributed by atoms with Crippen LogP contribution in [0.1, 0.15) is 19.8 Å². The van der Waals surface area contributed by atoms with Gasteiger partial charge in [0.15, 0.2) is 11.5 Å². The topological polar surface area (TPSA) is 98.8 Å². The molecule has 0 saturated heterocycles. The van der Waals surface area contributed by atoms with Crippen LogP contribution in [-0.4, -0.2) is 30.5 Å². The summed E-state index contributed by atoms with van der Waals surface area (Å²) in [4.78, 5) is 30.1. The van der Waals surface area contributed by atoms with E-state index in [4.69, 9.17) is 14.2 Å². The molecule has 0 aliphatic heterocycles. The number of hydrogen-bond donors (Lipinski definition) is 2. The lowest BCUT2D eigenvalue weighted by molar-refractivity contribution is -0.131. The van der Waals surface area contributed by atoms with Gasteiger partial charge in [-0.2, -0.15) is 0 Å². The van der Waals surface area contributed by atoms with Crippen molar-refractivity contribution in [2.45, 2.75) is 19.8 Å². The zero-order valence-corrected chi connectivity index (χ0v) is 20.9. The normalized spacial score (nSPS) is 13.4. The van der Waals surface area contributed by atoms with Gasteiger partial charge in [-0.05, 0) is 80.4 Å². The first-order valence-corrected chi connectivity index (χ1v) is 12.2. The lowest BCUT2D eigenvalue weighted by Gasteiger charge is -2.16. The van der Waals surface area contributed by atoms with Gasteiger partial charge in [0.2, 0.25) is 11.8 Å². The number of amides is 2. The van der Waals surface area contributed by atoms with Gasteiger partial charge in [0, 0.05) is 29.0 Å². The lowest BCUT2D eigenvalue weighted by atomic mass is 10.0. The summed E-state index contributed by atoms with van der Waals surface area (Å²) in [6.45, 7) is 2.38. The minimum Gasteiger partial charge on any atom is -0.493 e. The van der Waals surface area contributed by atoms with Crippen LogP contribution in [0.25, 0.3) is 10.9 Å². The van der Waals surface area contributed by atoms with Crippen LogP contribution >= 0.6 is 0 Å². The molecular weight excluding hydrogens is 489 g/mol. The maximum absolute atomic E-state index is 13.1. The van der Waals surface area contributed by atoms with Crippen molar-refractivity contribution >= 4 is 34.1 Å². The molecule has 0 bridgehead atoms. The number of carbonyl (C=O) groups is 2. The van der Waals surface area contributed by atoms with Gasteiger partial charge >= 0.3 is 0 Å². The van der Waals surface area contributed by atoms with Crippen LogP contribution < -0.4 is 24.8 Å². The van der Waals surface area contributed by atoms with E-state index in [9.17, 15) is 14.0 Å². The average Bonchev–Trinajstić information content (AvgIpc) is 3.74. The van der Waals surface area contributed by atoms with E-state index in [1.165, 1.54) is 24.3 Å². The predicted molar refractivity (Wildman–Crippen MR) is 141 cm³/mol. The van der Waals surface area contributed by atoms with Gasteiger partial charge in [-0.1, -0.05) is 0 Å². The van der Waals surface area contributed by atoms with E-state index < -0.39 is 17.1 Å². The van der Waals surface area contributed by atoms with Crippen molar-refractivity contribution < 1.29 is 28.2 Å². The number of pyridine rings is 1. The van der Waals surface area contributed by atoms with Crippen LogP contribution in [0.5, 0.6) is 23.0 Å². The highest BCUT2D eigenvalue weighted by Gasteiger charge is 2.56. The predicted octanol–water partition coefficient (Wildman–Crippen LogP) is 5.93. The molecule has 1 aliphatic rings. The third kappa shape index (κ3) is 5.08. The molecule has 2 amide bonds. The highest BCUT2D eigenvalue weighted by atomic mass is 19.1. The van der Waals surface area contributed by atoms with Crippen LogP contribution in [0.4, 0.5) is 15.8 Å². The number of fused-ring (bicyclic) bond motifs is 1. The number of halogens is 1. The van der Waals surface area contributed by atoms with Crippen molar-refractivity contribution in [1.82, 2.24) is 4.98 Å². The molecule has 1 heterocycles. The molecule has 3 aromatic carbocycles. The Kier molecular flexibility index (Phi) is 6.83. The van der Waals surface area contributed by atoms with Crippen molar-refractivity contribution in [3.8, 4) is 23.0 Å². The summed E-state index contributed by atoms with van der Waals surface area (Å²) in [7, 11) is 1.58. The molecule has 2 N–H and O–H groups in total. The number of nitrogens with zero attached hydrogens (tertiary/aromatic N) is 1. The molecule has 38 heavy (non-hydrogen) atoms. The smallest absolute Gasteiger partial charge is 0.240 e. The molecular formula is C29H26FN3O5. The van der Waals surface area contributed by atoms with E-state index in [2.05, 4.69) is 15.6 Å². The third-order valence-corrected chi connectivity index (χ3v) is 6.35. The Morgan fingerprint density at radius 2 is 1.53 bits per heavy atom. The largest absolute Gasteiger partial charge is 0.493 e. The first-order chi connectivity index (χ1) is 18.4. The van der Waals surface area contributed by atoms with E-state index >= 15 is 0 Å². The second kappa shape index (κ2) is 10.4. The van der Waals surface area contributed by atoms with Crippen molar-refractivity contribution in [2.24, 2.45) is 5.41 Å². The minimum atomic E-state index is -1.14. The van der Waals surface area contributed by atoms with Crippen LogP contribution in [0.15, 0.2) is 72.9 Å². The molecule has 5 rings (SSSR count). The number of rotatable bonds is 9. The maximum atomic E-state index is 13.1. The average molecular weight is 516 g/mol. The molecule has 1 fully saturated rings. The zero-order valence-electron chi connectivity index (χ0n) is 20.9. The summed E-state index contributed by atoms with van der Waals surface area (Å²) in [5, 5.41) is 6.28. The Morgan fingerprint density at radius 1 is 0.895 bits per heavy atom. The summed E-state index contributed by atoms with van der Waals surface area (Å²) in [6.07, 6.45) is 2.53. The summed E-state index contributed by atoms with van der Waals surface area (Å²) in [6, 6.07) is 17.7. The van der Waals surface area contributed by atoms with Crippen molar-refractivity contribution in [3.05, 3.63) is 78.7 Å². The zero-order chi connectivity index (χ0) is 26.7. The van der Waals surface area contributed by atoms with Gasteiger partial charge < -0.3 is 24.8 Å². The molecule has 0 atom stereocenters. The second-order valence-electron chi connectivity index (χ2n) is 8.89. The molecule has 194 valence electrons. The van der Waals surface area contributed by atoms with Gasteiger partial charge in [0.05, 0.1) is 19.2 Å². The first-order valence-electron chi connectivity index (χ1n) is 12.2. The minimum absolute atomic E-state index is 0.386. The highest BCUT2D eigenvalue weighted by Crippen LogP contribution is 2.47. The number of methoxy groups -OCH3 is 1. The van der Waals surface area contributed by atoms with Gasteiger partial charge in [0.1, 0.15) is 22.7 Å². The second-order valence-corrected chi connectivity index (χ2v) is 8.89. The molecule has 1 aliphatic carbocycles. The standard InChI is InChI=1S/C29H26FN3O5/c1-3-37-26-16-22-23(17-25(26)36-2)31-15-12-24(22)38-21-10-8-20(9-11-21)33-28(35)29(13-14-29)27(34)32-19-6-4-18(30)5-7-19/h4-12,15-17H,3,13-14H2,1-2H3,(H,32,34)(H,33,35). The number of benzene rings is 3. The number of carbonyl (C=O) groups excluding carboxylic acids is 2. The van der Waals surface area contributed by atoms with E-state index in [-0.39, 0.29) is 5.91 Å². The Bertz CT molecular complexity index is 1490. The van der Waals surface area contributed by atoms with Gasteiger partial charge in [-0.15, -0.1) is 0 Å². The summed E-state index contributed by atoms with van der Waals surface area (Å²) >= 11 is 0. The first kappa shape index (κ1) is 25.0. The number of aromatic nitrogens is 1. The molecule has 0 unspecified atom stereocenters. The van der Waals surface area contributed by atoms with Crippen LogP contribution in [0.2, 0.25) is 0 Å². The van der Waals surface area contributed by atoms with Gasteiger partial charge in [0.25, 0.3) is 0 Å². The summed E-state index contributed by atoms with van der Waals surface area (Å²) < 4.78 is 30.3. The Hall–Kier alpha value is -4.66. The van der Waals surface area contributed by atoms with Crippen LogP contribution in [-0.2, 0) is 9.59 Å². The fourth-order valence-electron chi connectivity index (χ4n) is 4.10. The summed E-state index contributed by atoms with van der Waals surface area (Å²) in [5.74, 6) is 1.13. The van der Waals surface area contributed by atoms with Crippen molar-refractivity contribution in [1.29, 1.82) is 0 Å². The van der Waals surface area contributed by atoms with Crippen molar-refractivity contribution in [3.63, 3.8) is 0 Å². The number of anilines is 2. The molecule has 9 heteroatoms. The fraction of sp³-hybridized carbons (Fsp3) is 0.207. The lowest BCUT2D eigenvalue weighted by Crippen LogP contribution is -2.35. The Labute approximate surface area is 218 Å². The fourth-order valence-corrected chi connectivity index (χ4v) is 4.10. The van der Waals surface area contributed by atoms with E-state index in [1.54, 1.807) is 49.7 Å². The van der Waals surface area contributed by atoms with Gasteiger partial charge in [-0.25, -0.2) is 4.39 Å². The molecule has 1 saturated carbocycles. The molecule has 8 nitrogen and oxygen atoms in total. The molecule has 0 spiro atoms. The van der Waals surface area contributed by atoms with E-state index in [1.807, 2.05) is 13.0 Å². The van der Waals surface area contributed by atoms with E-state index in [0.717, 1.165) is 5.39 Å². The van der Waals surface area contributed by atoms with Gasteiger partial charge in [-0.3, -0.25) is 14.6 Å². The number of nitrogens with one attached hydrogen (secondary N) is 2. The highest BCUT2D eigenvalue weighted by molar-refractivity contribution is 6.16. The quantitative estimate of drug-likeness (QED) is 0.268.